The Hall–Kier alpha value is -7.69. The number of hydrogen-bond acceptors (Lipinski definition) is 4. The van der Waals surface area contributed by atoms with Crippen molar-refractivity contribution < 1.29 is 0 Å². The van der Waals surface area contributed by atoms with E-state index in [2.05, 4.69) is 239 Å². The molecule has 0 fully saturated rings. The van der Waals surface area contributed by atoms with Crippen LogP contribution in [0.3, 0.4) is 0 Å². The molecule has 12 rings (SSSR count). The highest BCUT2D eigenvalue weighted by Crippen LogP contribution is 2.48. The van der Waals surface area contributed by atoms with Crippen LogP contribution in [0.25, 0.3) is 0 Å². The van der Waals surface area contributed by atoms with Crippen LogP contribution in [0.15, 0.2) is 241 Å². The van der Waals surface area contributed by atoms with Crippen LogP contribution in [-0.4, -0.2) is 13.4 Å². The van der Waals surface area contributed by atoms with Crippen molar-refractivity contribution in [2.45, 2.75) is 6.92 Å². The average molecular weight is 779 g/mol. The molecule has 4 aliphatic heterocycles. The second kappa shape index (κ2) is 14.0. The third-order valence-electron chi connectivity index (χ3n) is 13.0. The minimum Gasteiger partial charge on any atom is -0.315 e. The first-order valence-corrected chi connectivity index (χ1v) is 21.1. The minimum absolute atomic E-state index is 0.0379. The van der Waals surface area contributed by atoms with Crippen LogP contribution in [0.1, 0.15) is 6.92 Å². The summed E-state index contributed by atoms with van der Waals surface area (Å²) < 4.78 is 0. The van der Waals surface area contributed by atoms with Crippen LogP contribution in [0.4, 0.5) is 56.9 Å². The van der Waals surface area contributed by atoms with Gasteiger partial charge in [0.2, 0.25) is 0 Å². The zero-order valence-electron chi connectivity index (χ0n) is 33.9. The third kappa shape index (κ3) is 5.28. The highest BCUT2D eigenvalue weighted by atomic mass is 15.2. The van der Waals surface area contributed by atoms with Gasteiger partial charge in [0.1, 0.15) is 0 Å². The third-order valence-corrected chi connectivity index (χ3v) is 13.0. The van der Waals surface area contributed by atoms with Crippen molar-refractivity contribution in [2.24, 2.45) is 0 Å². The van der Waals surface area contributed by atoms with Crippen LogP contribution in [0, 0.1) is 0 Å². The average Bonchev–Trinajstić information content (AvgIpc) is 3.32. The second-order valence-corrected chi connectivity index (χ2v) is 16.2. The van der Waals surface area contributed by atoms with Gasteiger partial charge in [0.25, 0.3) is 13.4 Å². The zero-order chi connectivity index (χ0) is 40.6. The fourth-order valence-electron chi connectivity index (χ4n) is 10.5. The van der Waals surface area contributed by atoms with Crippen LogP contribution in [0.2, 0.25) is 0 Å². The lowest BCUT2D eigenvalue weighted by molar-refractivity contribution is 1.13. The van der Waals surface area contributed by atoms with Crippen molar-refractivity contribution in [2.75, 3.05) is 19.6 Å². The number of anilines is 10. The summed E-state index contributed by atoms with van der Waals surface area (Å²) >= 11 is 0. The van der Waals surface area contributed by atoms with Gasteiger partial charge in [-0.05, 0) is 125 Å². The molecule has 8 aromatic carbocycles. The molecule has 0 saturated carbocycles. The molecule has 4 heterocycles. The van der Waals surface area contributed by atoms with E-state index in [1.54, 1.807) is 0 Å². The molecule has 0 bridgehead atoms. The Morgan fingerprint density at radius 2 is 0.705 bits per heavy atom. The van der Waals surface area contributed by atoms with E-state index in [1.165, 1.54) is 66.9 Å². The minimum atomic E-state index is -0.0726. The van der Waals surface area contributed by atoms with Gasteiger partial charge in [-0.1, -0.05) is 134 Å². The first kappa shape index (κ1) is 35.3. The fourth-order valence-corrected chi connectivity index (χ4v) is 10.5. The number of rotatable bonds is 5. The smallest absolute Gasteiger partial charge is 0.252 e. The molecule has 0 radical (unpaired) electrons. The summed E-state index contributed by atoms with van der Waals surface area (Å²) in [6, 6.07) is 74.8. The lowest BCUT2D eigenvalue weighted by Gasteiger charge is -2.46. The Balaban J connectivity index is 1.16. The van der Waals surface area contributed by atoms with Gasteiger partial charge in [-0.2, -0.15) is 0 Å². The van der Waals surface area contributed by atoms with E-state index in [9.17, 15) is 0 Å². The second-order valence-electron chi connectivity index (χ2n) is 16.2. The van der Waals surface area contributed by atoms with Crippen molar-refractivity contribution >= 4 is 92.2 Å². The van der Waals surface area contributed by atoms with Gasteiger partial charge in [-0.3, -0.25) is 0 Å². The van der Waals surface area contributed by atoms with Gasteiger partial charge in [0, 0.05) is 68.3 Å². The largest absolute Gasteiger partial charge is 0.315 e. The van der Waals surface area contributed by atoms with Gasteiger partial charge in [0.05, 0.1) is 0 Å². The predicted octanol–water partition coefficient (Wildman–Crippen LogP) is 11.3. The van der Waals surface area contributed by atoms with Crippen molar-refractivity contribution in [3.63, 3.8) is 0 Å². The molecule has 4 aliphatic rings. The molecule has 6 heteroatoms. The predicted molar refractivity (Wildman–Crippen MR) is 259 cm³/mol. The Morgan fingerprint density at radius 3 is 1.20 bits per heavy atom. The van der Waals surface area contributed by atoms with Gasteiger partial charge < -0.3 is 19.6 Å². The maximum Gasteiger partial charge on any atom is 0.252 e. The van der Waals surface area contributed by atoms with E-state index >= 15 is 0 Å². The summed E-state index contributed by atoms with van der Waals surface area (Å²) in [5, 5.41) is 0. The lowest BCUT2D eigenvalue weighted by atomic mass is 9.29. The Labute approximate surface area is 358 Å². The van der Waals surface area contributed by atoms with E-state index in [0.29, 0.717) is 0 Å². The molecule has 8 aromatic rings. The first-order chi connectivity index (χ1) is 30.2. The number of nitrogens with zero attached hydrogens (tertiary/aromatic N) is 4. The van der Waals surface area contributed by atoms with Crippen molar-refractivity contribution in [3.05, 3.63) is 241 Å². The summed E-state index contributed by atoms with van der Waals surface area (Å²) in [6.07, 6.45) is 2.53. The SMILES string of the molecule is C=C1/C(=C\C2=C(C)N(c3ccccc3)c3cccc4c3B2c2ccccc2N4c2ccccc2)B2c3ccccc3N(c3ccccc3)c3cccc(c32)N1c1ccccc1. The molecule has 0 spiro atoms. The molecule has 0 unspecified atom stereocenters. The number of hydrogen-bond donors (Lipinski definition) is 0. The highest BCUT2D eigenvalue weighted by Gasteiger charge is 2.47. The molecule has 0 aliphatic carbocycles. The molecule has 286 valence electrons. The molecule has 0 atom stereocenters. The summed E-state index contributed by atoms with van der Waals surface area (Å²) in [6.45, 7) is 7.25. The fraction of sp³-hybridized carbons (Fsp3) is 0.0182. The number of allylic oxidation sites excluding steroid dienone is 4. The molecule has 0 saturated heterocycles. The summed E-state index contributed by atoms with van der Waals surface area (Å²) in [7, 11) is 0. The quantitative estimate of drug-likeness (QED) is 0.161. The molecule has 61 heavy (non-hydrogen) atoms. The van der Waals surface area contributed by atoms with E-state index in [1.807, 2.05) is 0 Å². The van der Waals surface area contributed by atoms with E-state index in [4.69, 9.17) is 6.58 Å². The van der Waals surface area contributed by atoms with Gasteiger partial charge in [-0.25, -0.2) is 0 Å². The number of para-hydroxylation sites is 6. The number of benzene rings is 8. The Morgan fingerprint density at radius 1 is 0.361 bits per heavy atom. The molecule has 4 nitrogen and oxygen atoms in total. The van der Waals surface area contributed by atoms with Crippen LogP contribution in [-0.2, 0) is 0 Å². The molecular formula is C55H40B2N4. The monoisotopic (exact) mass is 778 g/mol. The Bertz CT molecular complexity index is 3090. The van der Waals surface area contributed by atoms with Gasteiger partial charge >= 0.3 is 0 Å². The van der Waals surface area contributed by atoms with Gasteiger partial charge in [0.15, 0.2) is 0 Å². The molecule has 0 amide bonds. The van der Waals surface area contributed by atoms with Crippen LogP contribution in [0.5, 0.6) is 0 Å². The first-order valence-electron chi connectivity index (χ1n) is 21.1. The van der Waals surface area contributed by atoms with E-state index in [-0.39, 0.29) is 13.4 Å². The number of fused-ring (bicyclic) bond motifs is 4. The zero-order valence-corrected chi connectivity index (χ0v) is 33.9. The molecule has 0 N–H and O–H groups in total. The van der Waals surface area contributed by atoms with Crippen LogP contribution >= 0.6 is 0 Å². The Kier molecular flexibility index (Phi) is 8.07. The van der Waals surface area contributed by atoms with Gasteiger partial charge in [-0.15, -0.1) is 0 Å². The normalized spacial score (nSPS) is 15.4. The highest BCUT2D eigenvalue weighted by molar-refractivity contribution is 6.98. The summed E-state index contributed by atoms with van der Waals surface area (Å²) in [5.41, 5.74) is 21.4. The van der Waals surface area contributed by atoms with E-state index < -0.39 is 0 Å². The maximum atomic E-state index is 5.04. The standard InChI is InChI=1S/C55H40B2N4/c1-38-46(56-44-29-15-17-31-48(44)60(42-25-11-5-12-26-42)52-35-19-33-50(54(52)56)58(38)40-21-7-3-8-22-40)37-47-39(2)59(41-23-9-4-10-24-41)51-34-20-36-53-55(51)57(47)45-30-16-18-32-49(45)61(53)43-27-13-6-14-28-43/h3-37H,1H2,2H3/b46-37+. The van der Waals surface area contributed by atoms with Crippen molar-refractivity contribution in [1.82, 2.24) is 0 Å². The van der Waals surface area contributed by atoms with Crippen molar-refractivity contribution in [1.29, 1.82) is 0 Å². The maximum absolute atomic E-state index is 5.04. The van der Waals surface area contributed by atoms with Crippen LogP contribution < -0.4 is 41.5 Å². The summed E-state index contributed by atoms with van der Waals surface area (Å²) in [5.74, 6) is 0. The van der Waals surface area contributed by atoms with E-state index in [0.717, 1.165) is 34.1 Å². The van der Waals surface area contributed by atoms with Crippen molar-refractivity contribution in [3.8, 4) is 0 Å². The lowest BCUT2D eigenvalue weighted by Crippen LogP contribution is -2.58. The molecule has 0 aromatic heterocycles. The summed E-state index contributed by atoms with van der Waals surface area (Å²) in [4.78, 5) is 9.76. The topological polar surface area (TPSA) is 13.0 Å². The molecular weight excluding hydrogens is 738 g/mol.